The molecule has 0 fully saturated rings. The van der Waals surface area contributed by atoms with Gasteiger partial charge in [0.25, 0.3) is 10.0 Å². The van der Waals surface area contributed by atoms with Crippen LogP contribution >= 0.6 is 0 Å². The number of hydrogen-bond acceptors (Lipinski definition) is 4. The molecule has 114 valence electrons. The van der Waals surface area contributed by atoms with Crippen LogP contribution in [0.5, 0.6) is 0 Å². The van der Waals surface area contributed by atoms with Crippen LogP contribution in [0, 0.1) is 0 Å². The maximum absolute atomic E-state index is 12.1. The predicted octanol–water partition coefficient (Wildman–Crippen LogP) is 1.96. The van der Waals surface area contributed by atoms with Crippen LogP contribution in [0.25, 0.3) is 0 Å². The zero-order chi connectivity index (χ0) is 16.2. The number of sulfonamides is 2. The van der Waals surface area contributed by atoms with E-state index < -0.39 is 30.5 Å². The molecule has 0 aliphatic carbocycles. The molecule has 0 saturated carbocycles. The Labute approximate surface area is 115 Å². The summed E-state index contributed by atoms with van der Waals surface area (Å²) >= 11 is 0. The average Bonchev–Trinajstić information content (AvgIpc) is 2.27. The first-order chi connectivity index (χ1) is 8.87. The van der Waals surface area contributed by atoms with Gasteiger partial charge in [0.05, 0.1) is 4.91 Å². The van der Waals surface area contributed by atoms with Gasteiger partial charge in [0, 0.05) is 0 Å². The first-order valence-electron chi connectivity index (χ1n) is 4.88. The highest BCUT2D eigenvalue weighted by Crippen LogP contribution is 2.23. The molecule has 0 aromatic rings. The van der Waals surface area contributed by atoms with Crippen LogP contribution in [-0.4, -0.2) is 22.3 Å². The van der Waals surface area contributed by atoms with Gasteiger partial charge in [0.15, 0.2) is 0 Å². The molecule has 0 radical (unpaired) electrons. The minimum absolute atomic E-state index is 0.472. The summed E-state index contributed by atoms with van der Waals surface area (Å²) in [6, 6.07) is 0. The van der Waals surface area contributed by atoms with Crippen molar-refractivity contribution in [3.05, 3.63) is 47.9 Å². The van der Waals surface area contributed by atoms with E-state index in [0.717, 1.165) is 6.08 Å². The Morgan fingerprint density at radius 2 is 1.65 bits per heavy atom. The summed E-state index contributed by atoms with van der Waals surface area (Å²) in [5.74, 6) is 0. The first kappa shape index (κ1) is 18.6. The summed E-state index contributed by atoms with van der Waals surface area (Å²) in [5, 5.41) is 0. The minimum Gasteiger partial charge on any atom is -0.206 e. The van der Waals surface area contributed by atoms with Gasteiger partial charge in [-0.3, -0.25) is 0 Å². The fraction of sp³-hybridized carbons (Fsp3) is 0.200. The van der Waals surface area contributed by atoms with E-state index in [4.69, 9.17) is 0 Å². The Morgan fingerprint density at radius 3 is 2.00 bits per heavy atom. The molecule has 0 heterocycles. The van der Waals surface area contributed by atoms with E-state index in [1.165, 1.54) is 12.2 Å². The Hall–Kier alpha value is -1.39. The van der Waals surface area contributed by atoms with Crippen molar-refractivity contribution < 1.29 is 30.0 Å². The van der Waals surface area contributed by atoms with Crippen molar-refractivity contribution in [2.75, 3.05) is 0 Å². The van der Waals surface area contributed by atoms with Crippen molar-refractivity contribution in [2.45, 2.75) is 12.4 Å². The Bertz CT molecular complexity index is 655. The Balaban J connectivity index is 5.30. The fourth-order valence-corrected chi connectivity index (χ4v) is 3.01. The number of alkyl halides is 3. The molecule has 0 amide bonds. The number of hydrogen-bond donors (Lipinski definition) is 1. The van der Waals surface area contributed by atoms with E-state index in [1.54, 1.807) is 13.0 Å². The Morgan fingerprint density at radius 1 is 1.15 bits per heavy atom. The van der Waals surface area contributed by atoms with Crippen molar-refractivity contribution in [1.29, 1.82) is 0 Å². The summed E-state index contributed by atoms with van der Waals surface area (Å²) < 4.78 is 81.0. The third kappa shape index (κ3) is 4.94. The lowest BCUT2D eigenvalue weighted by atomic mass is 10.2. The van der Waals surface area contributed by atoms with Gasteiger partial charge >= 0.3 is 15.5 Å². The van der Waals surface area contributed by atoms with Crippen molar-refractivity contribution in [2.24, 2.45) is 0 Å². The molecular formula is C10H12F3NO4S2. The summed E-state index contributed by atoms with van der Waals surface area (Å²) in [7, 11) is -10.9. The third-order valence-electron chi connectivity index (χ3n) is 1.90. The normalized spacial score (nSPS) is 14.5. The fourth-order valence-electron chi connectivity index (χ4n) is 0.806. The van der Waals surface area contributed by atoms with Gasteiger partial charge in [0.2, 0.25) is 0 Å². The van der Waals surface area contributed by atoms with Crippen molar-refractivity contribution in [1.82, 2.24) is 4.13 Å². The molecule has 0 bridgehead atoms. The number of allylic oxidation sites excluding steroid dienone is 5. The topological polar surface area (TPSA) is 80.3 Å². The molecule has 0 aromatic carbocycles. The quantitative estimate of drug-likeness (QED) is 0.755. The van der Waals surface area contributed by atoms with E-state index in [9.17, 15) is 30.0 Å². The maximum atomic E-state index is 12.1. The zero-order valence-corrected chi connectivity index (χ0v) is 11.9. The SMILES string of the molecule is C=CC(/C=C\C(=C)S(=O)(=O)NS(=O)(=O)C(F)(F)F)=C/C. The highest BCUT2D eigenvalue weighted by molar-refractivity contribution is 8.07. The van der Waals surface area contributed by atoms with Crippen LogP contribution in [0.2, 0.25) is 0 Å². The highest BCUT2D eigenvalue weighted by atomic mass is 32.3. The van der Waals surface area contributed by atoms with Gasteiger partial charge in [0.1, 0.15) is 0 Å². The standard InChI is InChI=1S/C10H12F3NO4S2/c1-4-9(5-2)7-6-8(3)19(15,16)14-20(17,18)10(11,12)13/h4-7,14H,1,3H2,2H3/b7-6-,9-5-. The summed E-state index contributed by atoms with van der Waals surface area (Å²) in [4.78, 5) is -0.841. The van der Waals surface area contributed by atoms with Gasteiger partial charge in [-0.05, 0) is 18.6 Å². The van der Waals surface area contributed by atoms with Gasteiger partial charge in [-0.1, -0.05) is 35.5 Å². The van der Waals surface area contributed by atoms with Crippen LogP contribution in [0.4, 0.5) is 13.2 Å². The lowest BCUT2D eigenvalue weighted by molar-refractivity contribution is -0.0441. The van der Waals surface area contributed by atoms with Gasteiger partial charge in [-0.2, -0.15) is 13.2 Å². The van der Waals surface area contributed by atoms with Gasteiger partial charge < -0.3 is 0 Å². The van der Waals surface area contributed by atoms with Gasteiger partial charge in [-0.15, -0.1) is 0 Å². The molecule has 1 N–H and O–H groups in total. The summed E-state index contributed by atoms with van der Waals surface area (Å²) in [6.45, 7) is 8.02. The van der Waals surface area contributed by atoms with E-state index in [-0.39, 0.29) is 0 Å². The molecule has 10 heteroatoms. The second-order valence-corrected chi connectivity index (χ2v) is 7.00. The van der Waals surface area contributed by atoms with Crippen molar-refractivity contribution >= 4 is 20.0 Å². The lowest BCUT2D eigenvalue weighted by Crippen LogP contribution is -2.40. The van der Waals surface area contributed by atoms with E-state index in [2.05, 4.69) is 13.2 Å². The van der Waals surface area contributed by atoms with Crippen molar-refractivity contribution in [3.8, 4) is 0 Å². The molecule has 0 unspecified atom stereocenters. The lowest BCUT2D eigenvalue weighted by Gasteiger charge is -2.09. The highest BCUT2D eigenvalue weighted by Gasteiger charge is 2.48. The molecule has 0 aromatic heterocycles. The molecule has 20 heavy (non-hydrogen) atoms. The predicted molar refractivity (Wildman–Crippen MR) is 69.3 cm³/mol. The van der Waals surface area contributed by atoms with E-state index in [0.29, 0.717) is 9.70 Å². The third-order valence-corrected chi connectivity index (χ3v) is 5.09. The average molecular weight is 331 g/mol. The molecule has 0 atom stereocenters. The zero-order valence-electron chi connectivity index (χ0n) is 10.3. The van der Waals surface area contributed by atoms with Gasteiger partial charge in [-0.25, -0.2) is 16.8 Å². The monoisotopic (exact) mass is 331 g/mol. The van der Waals surface area contributed by atoms with E-state index >= 15 is 0 Å². The van der Waals surface area contributed by atoms with Crippen LogP contribution in [0.3, 0.4) is 0 Å². The molecule has 5 nitrogen and oxygen atoms in total. The summed E-state index contributed by atoms with van der Waals surface area (Å²) in [6.07, 6.45) is 4.96. The van der Waals surface area contributed by atoms with Crippen molar-refractivity contribution in [3.63, 3.8) is 0 Å². The van der Waals surface area contributed by atoms with Crippen LogP contribution < -0.4 is 4.13 Å². The molecule has 0 aliphatic heterocycles. The molecule has 0 rings (SSSR count). The smallest absolute Gasteiger partial charge is 0.206 e. The Kier molecular flexibility index (Phi) is 5.93. The first-order valence-corrected chi connectivity index (χ1v) is 7.84. The van der Waals surface area contributed by atoms with Crippen LogP contribution in [-0.2, 0) is 20.0 Å². The van der Waals surface area contributed by atoms with Crippen LogP contribution in [0.15, 0.2) is 47.9 Å². The van der Waals surface area contributed by atoms with E-state index in [1.807, 2.05) is 0 Å². The molecule has 0 spiro atoms. The summed E-state index contributed by atoms with van der Waals surface area (Å²) in [5.41, 5.74) is -5.26. The second-order valence-electron chi connectivity index (χ2n) is 3.33. The molecule has 0 aliphatic rings. The molecular weight excluding hydrogens is 319 g/mol. The number of nitrogens with one attached hydrogen (secondary N) is 1. The number of rotatable bonds is 6. The number of halogens is 3. The second kappa shape index (κ2) is 6.37. The minimum atomic E-state index is -6.02. The molecule has 0 saturated heterocycles. The van der Waals surface area contributed by atoms with Crippen LogP contribution in [0.1, 0.15) is 6.92 Å². The maximum Gasteiger partial charge on any atom is 0.512 e. The largest absolute Gasteiger partial charge is 0.512 e.